The van der Waals surface area contributed by atoms with Gasteiger partial charge < -0.3 is 9.15 Å². The number of nitrogens with one attached hydrogen (secondary N) is 1. The molecule has 168 valence electrons. The average molecular weight is 456 g/mol. The standard InChI is InChI=1S/C24H25NO6S/c1-3-15(2)25-32(28,29)20-9-7-16(8-10-20)24(27)30-14-19-13-23(26)31-22-12-18-6-4-5-17(18)11-21(19)22/h7-13,15,25H,3-6,14H2,1-2H3. The minimum Gasteiger partial charge on any atom is -0.457 e. The van der Waals surface area contributed by atoms with Gasteiger partial charge in [-0.2, -0.15) is 0 Å². The predicted octanol–water partition coefficient (Wildman–Crippen LogP) is 3.72. The second-order valence-electron chi connectivity index (χ2n) is 8.09. The first-order valence-electron chi connectivity index (χ1n) is 10.6. The molecule has 7 nitrogen and oxygen atoms in total. The van der Waals surface area contributed by atoms with E-state index in [1.807, 2.05) is 19.1 Å². The highest BCUT2D eigenvalue weighted by molar-refractivity contribution is 7.89. The zero-order valence-electron chi connectivity index (χ0n) is 18.0. The lowest BCUT2D eigenvalue weighted by Crippen LogP contribution is -2.32. The summed E-state index contributed by atoms with van der Waals surface area (Å²) >= 11 is 0. The van der Waals surface area contributed by atoms with Gasteiger partial charge in [-0.1, -0.05) is 6.92 Å². The fourth-order valence-electron chi connectivity index (χ4n) is 3.83. The van der Waals surface area contributed by atoms with Crippen LogP contribution in [-0.2, 0) is 34.2 Å². The number of hydrogen-bond acceptors (Lipinski definition) is 6. The van der Waals surface area contributed by atoms with Crippen molar-refractivity contribution in [2.75, 3.05) is 0 Å². The summed E-state index contributed by atoms with van der Waals surface area (Å²) in [6.07, 6.45) is 3.68. The van der Waals surface area contributed by atoms with Crippen LogP contribution in [0.25, 0.3) is 11.0 Å². The summed E-state index contributed by atoms with van der Waals surface area (Å²) in [5.74, 6) is -0.605. The molecule has 3 aromatic rings. The van der Waals surface area contributed by atoms with Crippen LogP contribution in [0.4, 0.5) is 0 Å². The lowest BCUT2D eigenvalue weighted by Gasteiger charge is -2.12. The molecule has 32 heavy (non-hydrogen) atoms. The highest BCUT2D eigenvalue weighted by Gasteiger charge is 2.19. The molecule has 0 radical (unpaired) electrons. The van der Waals surface area contributed by atoms with Gasteiger partial charge in [-0.25, -0.2) is 22.7 Å². The molecule has 1 aliphatic rings. The molecule has 1 N–H and O–H groups in total. The molecule has 0 bridgehead atoms. The molecule has 1 atom stereocenters. The number of sulfonamides is 1. The van der Waals surface area contributed by atoms with Gasteiger partial charge in [0.2, 0.25) is 10.0 Å². The minimum absolute atomic E-state index is 0.0786. The van der Waals surface area contributed by atoms with Crippen molar-refractivity contribution in [1.82, 2.24) is 4.72 Å². The lowest BCUT2D eigenvalue weighted by atomic mass is 10.0. The summed E-state index contributed by atoms with van der Waals surface area (Å²) in [6.45, 7) is 3.58. The molecule has 0 spiro atoms. The Morgan fingerprint density at radius 2 is 1.81 bits per heavy atom. The van der Waals surface area contributed by atoms with Gasteiger partial charge in [0.05, 0.1) is 10.5 Å². The summed E-state index contributed by atoms with van der Waals surface area (Å²) in [5.41, 5.74) is 3.21. The number of benzene rings is 2. The molecule has 0 fully saturated rings. The third-order valence-corrected chi connectivity index (χ3v) is 7.38. The Kier molecular flexibility index (Phi) is 6.17. The Morgan fingerprint density at radius 3 is 2.50 bits per heavy atom. The zero-order valence-corrected chi connectivity index (χ0v) is 18.8. The van der Waals surface area contributed by atoms with E-state index in [4.69, 9.17) is 9.15 Å². The van der Waals surface area contributed by atoms with Crippen LogP contribution in [0.2, 0.25) is 0 Å². The highest BCUT2D eigenvalue weighted by atomic mass is 32.2. The zero-order chi connectivity index (χ0) is 22.9. The summed E-state index contributed by atoms with van der Waals surface area (Å²) < 4.78 is 38.1. The van der Waals surface area contributed by atoms with Crippen molar-refractivity contribution in [3.05, 3.63) is 75.1 Å². The molecule has 1 aliphatic carbocycles. The predicted molar refractivity (Wildman–Crippen MR) is 120 cm³/mol. The largest absolute Gasteiger partial charge is 0.457 e. The van der Waals surface area contributed by atoms with Crippen molar-refractivity contribution in [3.63, 3.8) is 0 Å². The Morgan fingerprint density at radius 1 is 1.12 bits per heavy atom. The summed E-state index contributed by atoms with van der Waals surface area (Å²) in [4.78, 5) is 24.6. The first-order chi connectivity index (χ1) is 15.3. The number of rotatable bonds is 7. The van der Waals surface area contributed by atoms with E-state index >= 15 is 0 Å². The average Bonchev–Trinajstić information content (AvgIpc) is 3.22. The van der Waals surface area contributed by atoms with E-state index in [-0.39, 0.29) is 23.1 Å². The van der Waals surface area contributed by atoms with Gasteiger partial charge in [0.25, 0.3) is 0 Å². The van der Waals surface area contributed by atoms with Crippen LogP contribution in [0.5, 0.6) is 0 Å². The van der Waals surface area contributed by atoms with Crippen LogP contribution < -0.4 is 10.3 Å². The van der Waals surface area contributed by atoms with E-state index in [9.17, 15) is 18.0 Å². The number of esters is 1. The number of hydrogen-bond donors (Lipinski definition) is 1. The maximum atomic E-state index is 12.5. The summed E-state index contributed by atoms with van der Waals surface area (Å²) in [7, 11) is -3.65. The molecule has 8 heteroatoms. The third kappa shape index (κ3) is 4.61. The third-order valence-electron chi connectivity index (χ3n) is 5.77. The number of carbonyl (C=O) groups is 1. The topological polar surface area (TPSA) is 103 Å². The van der Waals surface area contributed by atoms with E-state index in [2.05, 4.69) is 4.72 Å². The Balaban J connectivity index is 1.51. The molecule has 0 aliphatic heterocycles. The summed E-state index contributed by atoms with van der Waals surface area (Å²) in [5, 5.41) is 0.760. The van der Waals surface area contributed by atoms with Gasteiger partial charge in [0, 0.05) is 23.1 Å². The molecule has 4 rings (SSSR count). The van der Waals surface area contributed by atoms with Gasteiger partial charge in [-0.3, -0.25) is 0 Å². The number of ether oxygens (including phenoxy) is 1. The van der Waals surface area contributed by atoms with E-state index in [1.165, 1.54) is 41.5 Å². The monoisotopic (exact) mass is 455 g/mol. The van der Waals surface area contributed by atoms with Crippen LogP contribution >= 0.6 is 0 Å². The highest BCUT2D eigenvalue weighted by Crippen LogP contribution is 2.29. The second kappa shape index (κ2) is 8.88. The molecular formula is C24H25NO6S. The van der Waals surface area contributed by atoms with Crippen molar-refractivity contribution in [3.8, 4) is 0 Å². The van der Waals surface area contributed by atoms with Gasteiger partial charge in [0.15, 0.2) is 0 Å². The Hall–Kier alpha value is -2.97. The number of carbonyl (C=O) groups excluding carboxylic acids is 1. The van der Waals surface area contributed by atoms with Crippen LogP contribution in [0.15, 0.2) is 56.6 Å². The van der Waals surface area contributed by atoms with Crippen LogP contribution in [0, 0.1) is 0 Å². The quantitative estimate of drug-likeness (QED) is 0.430. The molecular weight excluding hydrogens is 430 g/mol. The normalized spacial score (nSPS) is 14.3. The second-order valence-corrected chi connectivity index (χ2v) is 9.81. The maximum Gasteiger partial charge on any atom is 0.338 e. The van der Waals surface area contributed by atoms with Crippen molar-refractivity contribution < 1.29 is 22.4 Å². The molecule has 2 aromatic carbocycles. The van der Waals surface area contributed by atoms with Gasteiger partial charge in [-0.05, 0) is 80.1 Å². The maximum absolute atomic E-state index is 12.5. The van der Waals surface area contributed by atoms with E-state index in [1.54, 1.807) is 6.92 Å². The molecule has 1 unspecified atom stereocenters. The van der Waals surface area contributed by atoms with Crippen molar-refractivity contribution in [1.29, 1.82) is 0 Å². The number of aryl methyl sites for hydroxylation is 2. The fourth-order valence-corrected chi connectivity index (χ4v) is 5.15. The first kappa shape index (κ1) is 22.2. The van der Waals surface area contributed by atoms with E-state index in [0.717, 1.165) is 24.6 Å². The van der Waals surface area contributed by atoms with Crippen LogP contribution in [0.1, 0.15) is 53.7 Å². The van der Waals surface area contributed by atoms with Crippen molar-refractivity contribution in [2.45, 2.75) is 57.1 Å². The molecule has 0 saturated heterocycles. The molecule has 0 saturated carbocycles. The Labute approximate surface area is 186 Å². The fraction of sp³-hybridized carbons (Fsp3) is 0.333. The SMILES string of the molecule is CCC(C)NS(=O)(=O)c1ccc(C(=O)OCc2cc(=O)oc3cc4c(cc23)CCC4)cc1. The van der Waals surface area contributed by atoms with E-state index < -0.39 is 21.6 Å². The van der Waals surface area contributed by atoms with E-state index in [0.29, 0.717) is 17.6 Å². The molecule has 0 amide bonds. The van der Waals surface area contributed by atoms with Crippen LogP contribution in [-0.4, -0.2) is 20.4 Å². The van der Waals surface area contributed by atoms with Gasteiger partial charge in [0.1, 0.15) is 12.2 Å². The number of fused-ring (bicyclic) bond motifs is 2. The minimum atomic E-state index is -3.65. The lowest BCUT2D eigenvalue weighted by molar-refractivity contribution is 0.0473. The molecule has 1 heterocycles. The van der Waals surface area contributed by atoms with Gasteiger partial charge in [-0.15, -0.1) is 0 Å². The van der Waals surface area contributed by atoms with Crippen molar-refractivity contribution >= 4 is 27.0 Å². The Bertz CT molecular complexity index is 1330. The van der Waals surface area contributed by atoms with Crippen LogP contribution in [0.3, 0.4) is 0 Å². The smallest absolute Gasteiger partial charge is 0.338 e. The summed E-state index contributed by atoms with van der Waals surface area (Å²) in [6, 6.07) is 10.6. The molecule has 1 aromatic heterocycles. The van der Waals surface area contributed by atoms with Gasteiger partial charge >= 0.3 is 11.6 Å². The van der Waals surface area contributed by atoms with Crippen molar-refractivity contribution in [2.24, 2.45) is 0 Å². The first-order valence-corrected chi connectivity index (χ1v) is 12.1.